The lowest BCUT2D eigenvalue weighted by molar-refractivity contribution is 0.107. The molecule has 2 nitrogen and oxygen atoms in total. The molecular formula is C13H17BrFNO. The highest BCUT2D eigenvalue weighted by Crippen LogP contribution is 2.24. The van der Waals surface area contributed by atoms with Crippen LogP contribution < -0.4 is 5.32 Å². The van der Waals surface area contributed by atoms with E-state index in [1.54, 1.807) is 13.2 Å². The zero-order valence-corrected chi connectivity index (χ0v) is 11.5. The Kier molecular flexibility index (Phi) is 4.54. The standard InChI is InChI=1S/C13H17BrFNO/c1-17-11-6-5-10(7-11)16-8-9-3-2-4-12(15)13(9)14/h2-4,10-11,16H,5-8H2,1H3. The van der Waals surface area contributed by atoms with E-state index in [-0.39, 0.29) is 5.82 Å². The second-order valence-electron chi connectivity index (χ2n) is 4.46. The number of halogens is 2. The van der Waals surface area contributed by atoms with E-state index in [1.165, 1.54) is 6.07 Å². The zero-order valence-electron chi connectivity index (χ0n) is 9.88. The summed E-state index contributed by atoms with van der Waals surface area (Å²) < 4.78 is 19.2. The fourth-order valence-electron chi connectivity index (χ4n) is 2.28. The molecule has 1 fully saturated rings. The first-order valence-corrected chi connectivity index (χ1v) is 6.69. The third kappa shape index (κ3) is 3.27. The van der Waals surface area contributed by atoms with Crippen molar-refractivity contribution >= 4 is 15.9 Å². The summed E-state index contributed by atoms with van der Waals surface area (Å²) in [7, 11) is 1.76. The molecule has 1 aliphatic carbocycles. The molecule has 94 valence electrons. The first-order chi connectivity index (χ1) is 8.20. The molecule has 1 aliphatic rings. The van der Waals surface area contributed by atoms with Gasteiger partial charge in [-0.2, -0.15) is 0 Å². The molecular weight excluding hydrogens is 285 g/mol. The first-order valence-electron chi connectivity index (χ1n) is 5.89. The van der Waals surface area contributed by atoms with Gasteiger partial charge in [0.05, 0.1) is 10.6 Å². The van der Waals surface area contributed by atoms with E-state index in [2.05, 4.69) is 21.2 Å². The van der Waals surface area contributed by atoms with Gasteiger partial charge in [0.1, 0.15) is 5.82 Å². The lowest BCUT2D eigenvalue weighted by atomic mass is 10.2. The molecule has 1 aromatic rings. The second kappa shape index (κ2) is 5.94. The summed E-state index contributed by atoms with van der Waals surface area (Å²) in [5, 5.41) is 3.45. The first kappa shape index (κ1) is 13.0. The molecule has 2 rings (SSSR count). The summed E-state index contributed by atoms with van der Waals surface area (Å²) in [4.78, 5) is 0. The molecule has 2 atom stereocenters. The number of ether oxygens (including phenoxy) is 1. The van der Waals surface area contributed by atoms with Crippen molar-refractivity contribution in [1.82, 2.24) is 5.32 Å². The number of hydrogen-bond donors (Lipinski definition) is 1. The molecule has 17 heavy (non-hydrogen) atoms. The van der Waals surface area contributed by atoms with Crippen molar-refractivity contribution in [1.29, 1.82) is 0 Å². The third-order valence-electron chi connectivity index (χ3n) is 3.33. The number of benzene rings is 1. The van der Waals surface area contributed by atoms with Gasteiger partial charge in [0.15, 0.2) is 0 Å². The van der Waals surface area contributed by atoms with Crippen LogP contribution in [0.25, 0.3) is 0 Å². The summed E-state index contributed by atoms with van der Waals surface area (Å²) in [5.41, 5.74) is 0.964. The van der Waals surface area contributed by atoms with Gasteiger partial charge in [-0.15, -0.1) is 0 Å². The molecule has 0 saturated heterocycles. The van der Waals surface area contributed by atoms with Gasteiger partial charge in [0.25, 0.3) is 0 Å². The van der Waals surface area contributed by atoms with Gasteiger partial charge in [0.2, 0.25) is 0 Å². The molecule has 4 heteroatoms. The predicted molar refractivity (Wildman–Crippen MR) is 69.4 cm³/mol. The molecule has 1 saturated carbocycles. The number of nitrogens with one attached hydrogen (secondary N) is 1. The van der Waals surface area contributed by atoms with Crippen LogP contribution >= 0.6 is 15.9 Å². The summed E-state index contributed by atoms with van der Waals surface area (Å²) in [6.45, 7) is 0.694. The van der Waals surface area contributed by atoms with E-state index in [1.807, 2.05) is 6.07 Å². The quantitative estimate of drug-likeness (QED) is 0.922. The molecule has 0 spiro atoms. The molecule has 1 N–H and O–H groups in total. The fourth-order valence-corrected chi connectivity index (χ4v) is 2.68. The Labute approximate surface area is 110 Å². The smallest absolute Gasteiger partial charge is 0.137 e. The summed E-state index contributed by atoms with van der Waals surface area (Å²) in [6, 6.07) is 5.62. The van der Waals surface area contributed by atoms with Gasteiger partial charge in [-0.3, -0.25) is 0 Å². The maximum absolute atomic E-state index is 13.3. The van der Waals surface area contributed by atoms with Crippen LogP contribution in [0.4, 0.5) is 4.39 Å². The highest BCUT2D eigenvalue weighted by molar-refractivity contribution is 9.10. The van der Waals surface area contributed by atoms with E-state index in [4.69, 9.17) is 4.74 Å². The maximum atomic E-state index is 13.3. The van der Waals surface area contributed by atoms with Crippen molar-refractivity contribution in [3.05, 3.63) is 34.1 Å². The van der Waals surface area contributed by atoms with Crippen molar-refractivity contribution in [2.45, 2.75) is 38.0 Å². The Morgan fingerprint density at radius 1 is 1.47 bits per heavy atom. The lowest BCUT2D eigenvalue weighted by Crippen LogP contribution is -2.26. The van der Waals surface area contributed by atoms with Gasteiger partial charge in [-0.25, -0.2) is 4.39 Å². The monoisotopic (exact) mass is 301 g/mol. The Balaban J connectivity index is 1.88. The summed E-state index contributed by atoms with van der Waals surface area (Å²) in [5.74, 6) is -0.203. The minimum absolute atomic E-state index is 0.203. The van der Waals surface area contributed by atoms with Crippen LogP contribution in [0.1, 0.15) is 24.8 Å². The summed E-state index contributed by atoms with van der Waals surface area (Å²) in [6.07, 6.45) is 3.66. The van der Waals surface area contributed by atoms with Crippen LogP contribution in [0.15, 0.2) is 22.7 Å². The van der Waals surface area contributed by atoms with Crippen molar-refractivity contribution in [3.8, 4) is 0 Å². The molecule has 0 radical (unpaired) electrons. The van der Waals surface area contributed by atoms with Gasteiger partial charge in [-0.05, 0) is 46.8 Å². The Morgan fingerprint density at radius 2 is 2.29 bits per heavy atom. The highest BCUT2D eigenvalue weighted by Gasteiger charge is 2.23. The molecule has 0 aliphatic heterocycles. The predicted octanol–water partition coefficient (Wildman–Crippen LogP) is 3.25. The van der Waals surface area contributed by atoms with E-state index in [9.17, 15) is 4.39 Å². The van der Waals surface area contributed by atoms with Gasteiger partial charge >= 0.3 is 0 Å². The number of rotatable bonds is 4. The van der Waals surface area contributed by atoms with E-state index in [0.717, 1.165) is 24.8 Å². The van der Waals surface area contributed by atoms with Gasteiger partial charge in [-0.1, -0.05) is 12.1 Å². The van der Waals surface area contributed by atoms with Crippen molar-refractivity contribution in [2.24, 2.45) is 0 Å². The highest BCUT2D eigenvalue weighted by atomic mass is 79.9. The largest absolute Gasteiger partial charge is 0.381 e. The van der Waals surface area contributed by atoms with E-state index in [0.29, 0.717) is 23.2 Å². The van der Waals surface area contributed by atoms with Crippen LogP contribution in [-0.4, -0.2) is 19.3 Å². The third-order valence-corrected chi connectivity index (χ3v) is 4.22. The van der Waals surface area contributed by atoms with Gasteiger partial charge < -0.3 is 10.1 Å². The molecule has 0 aromatic heterocycles. The maximum Gasteiger partial charge on any atom is 0.137 e. The van der Waals surface area contributed by atoms with E-state index >= 15 is 0 Å². The van der Waals surface area contributed by atoms with Crippen LogP contribution in [-0.2, 0) is 11.3 Å². The summed E-state index contributed by atoms with van der Waals surface area (Å²) >= 11 is 3.28. The minimum atomic E-state index is -0.203. The molecule has 2 unspecified atom stereocenters. The normalized spacial score (nSPS) is 24.2. The van der Waals surface area contributed by atoms with Crippen molar-refractivity contribution in [2.75, 3.05) is 7.11 Å². The Hall–Kier alpha value is -0.450. The number of hydrogen-bond acceptors (Lipinski definition) is 2. The van der Waals surface area contributed by atoms with E-state index < -0.39 is 0 Å². The zero-order chi connectivity index (χ0) is 12.3. The fraction of sp³-hybridized carbons (Fsp3) is 0.538. The average Bonchev–Trinajstić information content (AvgIpc) is 2.79. The van der Waals surface area contributed by atoms with Gasteiger partial charge in [0, 0.05) is 19.7 Å². The Morgan fingerprint density at radius 3 is 3.00 bits per heavy atom. The SMILES string of the molecule is COC1CCC(NCc2cccc(F)c2Br)C1. The van der Waals surface area contributed by atoms with Crippen LogP contribution in [0.3, 0.4) is 0 Å². The van der Waals surface area contributed by atoms with Crippen molar-refractivity contribution < 1.29 is 9.13 Å². The van der Waals surface area contributed by atoms with Crippen LogP contribution in [0.2, 0.25) is 0 Å². The number of methoxy groups -OCH3 is 1. The molecule has 1 aromatic carbocycles. The van der Waals surface area contributed by atoms with Crippen LogP contribution in [0.5, 0.6) is 0 Å². The van der Waals surface area contributed by atoms with Crippen molar-refractivity contribution in [3.63, 3.8) is 0 Å². The molecule has 0 amide bonds. The Bertz CT molecular complexity index is 386. The molecule has 0 bridgehead atoms. The lowest BCUT2D eigenvalue weighted by Gasteiger charge is -2.13. The minimum Gasteiger partial charge on any atom is -0.381 e. The molecule has 0 heterocycles. The van der Waals surface area contributed by atoms with Crippen LogP contribution in [0, 0.1) is 5.82 Å². The average molecular weight is 302 g/mol. The second-order valence-corrected chi connectivity index (χ2v) is 5.25. The topological polar surface area (TPSA) is 21.3 Å².